The highest BCUT2D eigenvalue weighted by Gasteiger charge is 2.33. The molecule has 24 heavy (non-hydrogen) atoms. The van der Waals surface area contributed by atoms with Crippen LogP contribution in [-0.4, -0.2) is 17.7 Å². The Kier molecular flexibility index (Phi) is 4.90. The lowest BCUT2D eigenvalue weighted by Gasteiger charge is -2.31. The number of amides is 1. The van der Waals surface area contributed by atoms with Gasteiger partial charge in [0, 0.05) is 16.5 Å². The number of fused-ring (bicyclic) bond motifs is 1. The molecule has 6 heteroatoms. The first kappa shape index (κ1) is 17.0. The fourth-order valence-electron chi connectivity index (χ4n) is 2.98. The number of nitrogens with two attached hydrogens (primary N) is 1. The van der Waals surface area contributed by atoms with Crippen LogP contribution in [0.1, 0.15) is 22.7 Å². The van der Waals surface area contributed by atoms with Gasteiger partial charge in [-0.15, -0.1) is 0 Å². The van der Waals surface area contributed by atoms with E-state index in [2.05, 4.69) is 5.32 Å². The highest BCUT2D eigenvalue weighted by molar-refractivity contribution is 6.35. The van der Waals surface area contributed by atoms with E-state index < -0.39 is 18.0 Å². The van der Waals surface area contributed by atoms with Gasteiger partial charge in [0.1, 0.15) is 0 Å². The minimum absolute atomic E-state index is 0.0716. The Hall–Kier alpha value is -1.88. The van der Waals surface area contributed by atoms with Crippen molar-refractivity contribution in [2.75, 3.05) is 0 Å². The van der Waals surface area contributed by atoms with Gasteiger partial charge in [0.2, 0.25) is 5.91 Å². The molecule has 0 bridgehead atoms. The van der Waals surface area contributed by atoms with Crippen molar-refractivity contribution in [3.8, 4) is 0 Å². The molecule has 0 aliphatic carbocycles. The minimum Gasteiger partial charge on any atom is -0.368 e. The number of benzene rings is 2. The Balaban J connectivity index is 1.89. The maximum atomic E-state index is 12.8. The van der Waals surface area contributed by atoms with E-state index in [4.69, 9.17) is 28.9 Å². The van der Waals surface area contributed by atoms with Crippen LogP contribution in [0, 0.1) is 0 Å². The first-order valence-corrected chi connectivity index (χ1v) is 8.31. The molecule has 2 aromatic carbocycles. The molecular weight excluding hydrogens is 347 g/mol. The third-order valence-electron chi connectivity index (χ3n) is 4.20. The van der Waals surface area contributed by atoms with Crippen LogP contribution in [0.3, 0.4) is 0 Å². The Bertz CT molecular complexity index is 807. The van der Waals surface area contributed by atoms with E-state index in [0.29, 0.717) is 22.0 Å². The van der Waals surface area contributed by atoms with E-state index in [1.807, 2.05) is 24.3 Å². The fourth-order valence-corrected chi connectivity index (χ4v) is 3.45. The lowest BCUT2D eigenvalue weighted by atomic mass is 9.86. The highest BCUT2D eigenvalue weighted by Crippen LogP contribution is 2.28. The fraction of sp³-hybridized carbons (Fsp3) is 0.222. The van der Waals surface area contributed by atoms with Crippen LogP contribution in [-0.2, 0) is 22.4 Å². The van der Waals surface area contributed by atoms with Crippen molar-refractivity contribution in [3.05, 3.63) is 69.2 Å². The van der Waals surface area contributed by atoms with Crippen molar-refractivity contribution < 1.29 is 9.59 Å². The monoisotopic (exact) mass is 362 g/mol. The number of primary amides is 1. The van der Waals surface area contributed by atoms with Crippen molar-refractivity contribution in [3.63, 3.8) is 0 Å². The number of hydrogen-bond acceptors (Lipinski definition) is 3. The molecule has 3 rings (SSSR count). The maximum Gasteiger partial charge on any atom is 0.234 e. The SMILES string of the molecule is NC(=O)C1Cc2ccccc2C(C(=O)Cc2ccc(Cl)cc2Cl)N1. The molecule has 0 aromatic heterocycles. The van der Waals surface area contributed by atoms with Gasteiger partial charge in [0.15, 0.2) is 5.78 Å². The van der Waals surface area contributed by atoms with Gasteiger partial charge in [-0.25, -0.2) is 0 Å². The van der Waals surface area contributed by atoms with Gasteiger partial charge in [-0.3, -0.25) is 14.9 Å². The first-order valence-electron chi connectivity index (χ1n) is 7.55. The van der Waals surface area contributed by atoms with Crippen LogP contribution in [0.4, 0.5) is 0 Å². The Labute approximate surface area is 149 Å². The summed E-state index contributed by atoms with van der Waals surface area (Å²) in [5, 5.41) is 4.04. The predicted octanol–water partition coefficient (Wildman–Crippen LogP) is 2.85. The van der Waals surface area contributed by atoms with Crippen LogP contribution in [0.15, 0.2) is 42.5 Å². The van der Waals surface area contributed by atoms with E-state index in [1.165, 1.54) is 0 Å². The quantitative estimate of drug-likeness (QED) is 0.878. The predicted molar refractivity (Wildman–Crippen MR) is 94.2 cm³/mol. The summed E-state index contributed by atoms with van der Waals surface area (Å²) in [6.07, 6.45) is 0.629. The Morgan fingerprint density at radius 2 is 1.92 bits per heavy atom. The van der Waals surface area contributed by atoms with E-state index in [0.717, 1.165) is 11.1 Å². The molecule has 2 unspecified atom stereocenters. The van der Waals surface area contributed by atoms with Crippen molar-refractivity contribution in [2.45, 2.75) is 24.9 Å². The van der Waals surface area contributed by atoms with Crippen molar-refractivity contribution >= 4 is 34.9 Å². The summed E-state index contributed by atoms with van der Waals surface area (Å²) >= 11 is 12.1. The number of halogens is 2. The molecule has 0 saturated carbocycles. The minimum atomic E-state index is -0.584. The average molecular weight is 363 g/mol. The van der Waals surface area contributed by atoms with Gasteiger partial charge in [-0.05, 0) is 35.2 Å². The third-order valence-corrected chi connectivity index (χ3v) is 4.79. The average Bonchev–Trinajstić information content (AvgIpc) is 2.56. The summed E-state index contributed by atoms with van der Waals surface area (Å²) < 4.78 is 0. The van der Waals surface area contributed by atoms with Crippen LogP contribution in [0.5, 0.6) is 0 Å². The molecule has 1 aliphatic heterocycles. The second kappa shape index (κ2) is 6.93. The summed E-state index contributed by atoms with van der Waals surface area (Å²) in [7, 11) is 0. The molecule has 0 radical (unpaired) electrons. The first-order chi connectivity index (χ1) is 11.5. The molecule has 2 aromatic rings. The lowest BCUT2D eigenvalue weighted by Crippen LogP contribution is -2.50. The number of Topliss-reactive ketones (excluding diaryl/α,β-unsaturated/α-hetero) is 1. The second-order valence-electron chi connectivity index (χ2n) is 5.84. The van der Waals surface area contributed by atoms with Crippen LogP contribution in [0.2, 0.25) is 10.0 Å². The summed E-state index contributed by atoms with van der Waals surface area (Å²) in [4.78, 5) is 24.4. The summed E-state index contributed by atoms with van der Waals surface area (Å²) in [6.45, 7) is 0. The molecule has 4 nitrogen and oxygen atoms in total. The molecule has 124 valence electrons. The van der Waals surface area contributed by atoms with E-state index in [9.17, 15) is 9.59 Å². The zero-order valence-electron chi connectivity index (χ0n) is 12.8. The van der Waals surface area contributed by atoms with E-state index in [-0.39, 0.29) is 12.2 Å². The maximum absolute atomic E-state index is 12.8. The van der Waals surface area contributed by atoms with Gasteiger partial charge >= 0.3 is 0 Å². The largest absolute Gasteiger partial charge is 0.368 e. The Morgan fingerprint density at radius 3 is 2.62 bits per heavy atom. The molecule has 1 aliphatic rings. The van der Waals surface area contributed by atoms with Crippen molar-refractivity contribution in [1.29, 1.82) is 0 Å². The highest BCUT2D eigenvalue weighted by atomic mass is 35.5. The lowest BCUT2D eigenvalue weighted by molar-refractivity contribution is -0.123. The van der Waals surface area contributed by atoms with E-state index >= 15 is 0 Å². The number of hydrogen-bond donors (Lipinski definition) is 2. The van der Waals surface area contributed by atoms with Crippen molar-refractivity contribution in [2.24, 2.45) is 5.73 Å². The number of carbonyl (C=O) groups excluding carboxylic acids is 2. The number of carbonyl (C=O) groups is 2. The molecule has 0 saturated heterocycles. The van der Waals surface area contributed by atoms with Gasteiger partial charge in [0.25, 0.3) is 0 Å². The van der Waals surface area contributed by atoms with E-state index in [1.54, 1.807) is 18.2 Å². The van der Waals surface area contributed by atoms with Gasteiger partial charge in [-0.2, -0.15) is 0 Å². The zero-order valence-corrected chi connectivity index (χ0v) is 14.3. The molecule has 0 fully saturated rings. The molecule has 1 heterocycles. The van der Waals surface area contributed by atoms with Gasteiger partial charge in [-0.1, -0.05) is 53.5 Å². The Morgan fingerprint density at radius 1 is 1.17 bits per heavy atom. The van der Waals surface area contributed by atoms with Gasteiger partial charge in [0.05, 0.1) is 12.1 Å². The third kappa shape index (κ3) is 3.46. The topological polar surface area (TPSA) is 72.2 Å². The van der Waals surface area contributed by atoms with Crippen molar-refractivity contribution in [1.82, 2.24) is 5.32 Å². The van der Waals surface area contributed by atoms with Crippen LogP contribution < -0.4 is 11.1 Å². The normalized spacial score (nSPS) is 19.6. The van der Waals surface area contributed by atoms with Gasteiger partial charge < -0.3 is 5.73 Å². The summed E-state index contributed by atoms with van der Waals surface area (Å²) in [6, 6.07) is 11.5. The van der Waals surface area contributed by atoms with Crippen LogP contribution in [0.25, 0.3) is 0 Å². The second-order valence-corrected chi connectivity index (χ2v) is 6.68. The molecule has 1 amide bonds. The smallest absolute Gasteiger partial charge is 0.234 e. The summed E-state index contributed by atoms with van der Waals surface area (Å²) in [5.74, 6) is -0.538. The standard InChI is InChI=1S/C18H16Cl2N2O2/c19-12-6-5-11(14(20)9-12)8-16(23)17-13-4-2-1-3-10(13)7-15(22-17)18(21)24/h1-6,9,15,17,22H,7-8H2,(H2,21,24). The summed E-state index contributed by atoms with van der Waals surface area (Å²) in [5.41, 5.74) is 7.97. The zero-order chi connectivity index (χ0) is 17.3. The molecular formula is C18H16Cl2N2O2. The number of nitrogens with one attached hydrogen (secondary N) is 1. The molecule has 3 N–H and O–H groups in total. The van der Waals surface area contributed by atoms with Crippen LogP contribution >= 0.6 is 23.2 Å². The number of rotatable bonds is 4. The molecule has 0 spiro atoms. The number of ketones is 1. The molecule has 2 atom stereocenters.